The molecule has 8 nitrogen and oxygen atoms in total. The molecular formula is C19H16FN5O3. The van der Waals surface area contributed by atoms with E-state index in [-0.39, 0.29) is 23.1 Å². The number of rotatable bonds is 4. The van der Waals surface area contributed by atoms with Crippen molar-refractivity contribution >= 4 is 11.9 Å². The van der Waals surface area contributed by atoms with E-state index in [0.29, 0.717) is 16.9 Å². The molecule has 0 bridgehead atoms. The van der Waals surface area contributed by atoms with Crippen LogP contribution in [0.5, 0.6) is 5.75 Å². The average Bonchev–Trinajstić information content (AvgIpc) is 3.32. The minimum Gasteiger partial charge on any atom is -0.507 e. The van der Waals surface area contributed by atoms with E-state index in [1.54, 1.807) is 24.3 Å². The Labute approximate surface area is 159 Å². The maximum Gasteiger partial charge on any atom is 0.267 e. The van der Waals surface area contributed by atoms with Gasteiger partial charge < -0.3 is 15.3 Å². The van der Waals surface area contributed by atoms with Gasteiger partial charge in [0, 0.05) is 7.05 Å². The maximum atomic E-state index is 13.2. The number of hydrogen-bond acceptors (Lipinski definition) is 7. The van der Waals surface area contributed by atoms with Gasteiger partial charge in [-0.2, -0.15) is 0 Å². The second-order valence-electron chi connectivity index (χ2n) is 6.29. The monoisotopic (exact) mass is 381 g/mol. The molecule has 142 valence electrons. The molecule has 0 aliphatic carbocycles. The van der Waals surface area contributed by atoms with Crippen molar-refractivity contribution in [3.8, 4) is 17.1 Å². The van der Waals surface area contributed by atoms with Crippen LogP contribution >= 0.6 is 0 Å². The van der Waals surface area contributed by atoms with Crippen LogP contribution in [0.15, 0.2) is 58.4 Å². The summed E-state index contributed by atoms with van der Waals surface area (Å²) in [7, 11) is 1.50. The Morgan fingerprint density at radius 2 is 2.14 bits per heavy atom. The number of benzene rings is 1. The number of nitrogens with two attached hydrogens (primary N) is 1. The van der Waals surface area contributed by atoms with Crippen molar-refractivity contribution in [3.05, 3.63) is 65.9 Å². The molecule has 0 spiro atoms. The van der Waals surface area contributed by atoms with Crippen LogP contribution in [0.2, 0.25) is 0 Å². The molecule has 3 aromatic rings. The van der Waals surface area contributed by atoms with Crippen molar-refractivity contribution < 1.29 is 18.7 Å². The summed E-state index contributed by atoms with van der Waals surface area (Å²) in [4.78, 5) is 27.0. The van der Waals surface area contributed by atoms with Crippen LogP contribution < -0.4 is 5.73 Å². The number of likely N-dealkylation sites (N-methyl/N-ethyl adjacent to an activating group) is 1. The number of aliphatic imine (C=N–C) groups is 1. The van der Waals surface area contributed by atoms with Gasteiger partial charge in [-0.1, -0.05) is 12.1 Å². The number of phenols is 1. The Balaban J connectivity index is 1.98. The molecular weight excluding hydrogens is 365 g/mol. The molecule has 0 fully saturated rings. The second kappa shape index (κ2) is 6.45. The summed E-state index contributed by atoms with van der Waals surface area (Å²) >= 11 is 0. The van der Waals surface area contributed by atoms with Gasteiger partial charge in [0.2, 0.25) is 5.54 Å². The highest BCUT2D eigenvalue weighted by molar-refractivity contribution is 6.08. The molecule has 1 amide bonds. The topological polar surface area (TPSA) is 118 Å². The van der Waals surface area contributed by atoms with E-state index in [4.69, 9.17) is 10.2 Å². The average molecular weight is 381 g/mol. The highest BCUT2D eigenvalue weighted by Crippen LogP contribution is 2.41. The van der Waals surface area contributed by atoms with Crippen molar-refractivity contribution in [2.75, 3.05) is 7.05 Å². The van der Waals surface area contributed by atoms with Crippen LogP contribution in [0.25, 0.3) is 11.3 Å². The predicted molar refractivity (Wildman–Crippen MR) is 97.8 cm³/mol. The van der Waals surface area contributed by atoms with Crippen molar-refractivity contribution in [2.45, 2.75) is 12.2 Å². The summed E-state index contributed by atoms with van der Waals surface area (Å²) in [5, 5.41) is 10.2. The lowest BCUT2D eigenvalue weighted by Gasteiger charge is -2.25. The number of halogens is 1. The fourth-order valence-electron chi connectivity index (χ4n) is 3.21. The molecule has 1 atom stereocenters. The van der Waals surface area contributed by atoms with Gasteiger partial charge in [-0.3, -0.25) is 14.7 Å². The molecule has 1 aromatic carbocycles. The van der Waals surface area contributed by atoms with Gasteiger partial charge in [-0.15, -0.1) is 0 Å². The maximum absolute atomic E-state index is 13.2. The zero-order valence-corrected chi connectivity index (χ0v) is 14.8. The van der Waals surface area contributed by atoms with Gasteiger partial charge in [0.25, 0.3) is 5.91 Å². The van der Waals surface area contributed by atoms with E-state index in [2.05, 4.69) is 15.0 Å². The Morgan fingerprint density at radius 3 is 2.79 bits per heavy atom. The van der Waals surface area contributed by atoms with Gasteiger partial charge in [-0.05, 0) is 29.8 Å². The quantitative estimate of drug-likeness (QED) is 0.713. The van der Waals surface area contributed by atoms with Gasteiger partial charge in [0.1, 0.15) is 12.4 Å². The highest BCUT2D eigenvalue weighted by atomic mass is 19.1. The van der Waals surface area contributed by atoms with Crippen LogP contribution in [0.1, 0.15) is 17.0 Å². The third kappa shape index (κ3) is 2.51. The largest absolute Gasteiger partial charge is 0.507 e. The molecule has 1 aliphatic heterocycles. The van der Waals surface area contributed by atoms with Crippen molar-refractivity contribution in [3.63, 3.8) is 0 Å². The first kappa shape index (κ1) is 17.7. The van der Waals surface area contributed by atoms with Crippen LogP contribution in [-0.4, -0.2) is 38.9 Å². The molecule has 0 saturated heterocycles. The minimum absolute atomic E-state index is 0.00624. The Bertz CT molecular complexity index is 1080. The van der Waals surface area contributed by atoms with E-state index in [1.807, 2.05) is 0 Å². The fourth-order valence-corrected chi connectivity index (χ4v) is 3.21. The molecule has 1 aliphatic rings. The van der Waals surface area contributed by atoms with Gasteiger partial charge in [0.05, 0.1) is 23.1 Å². The summed E-state index contributed by atoms with van der Waals surface area (Å²) in [5.41, 5.74) is 5.45. The smallest absolute Gasteiger partial charge is 0.267 e. The van der Waals surface area contributed by atoms with Crippen LogP contribution in [0.3, 0.4) is 0 Å². The summed E-state index contributed by atoms with van der Waals surface area (Å²) in [6, 6.07) is 9.25. The molecule has 4 rings (SSSR count). The normalized spacial score (nSPS) is 19.1. The van der Waals surface area contributed by atoms with Crippen molar-refractivity contribution in [1.29, 1.82) is 0 Å². The number of carbonyl (C=O) groups is 1. The third-order valence-corrected chi connectivity index (χ3v) is 4.67. The molecule has 3 N–H and O–H groups in total. The van der Waals surface area contributed by atoms with Crippen LogP contribution in [0.4, 0.5) is 4.39 Å². The first-order chi connectivity index (χ1) is 13.5. The molecule has 28 heavy (non-hydrogen) atoms. The molecule has 1 unspecified atom stereocenters. The summed E-state index contributed by atoms with van der Waals surface area (Å²) in [6.07, 6.45) is 2.67. The number of pyridine rings is 1. The zero-order valence-electron chi connectivity index (χ0n) is 14.8. The first-order valence-electron chi connectivity index (χ1n) is 8.35. The first-order valence-corrected chi connectivity index (χ1v) is 8.35. The van der Waals surface area contributed by atoms with Crippen LogP contribution in [0, 0.1) is 0 Å². The molecule has 9 heteroatoms. The van der Waals surface area contributed by atoms with Crippen molar-refractivity contribution in [1.82, 2.24) is 14.9 Å². The number of hydrogen-bond donors (Lipinski definition) is 2. The molecule has 0 radical (unpaired) electrons. The zero-order chi connectivity index (χ0) is 19.9. The highest BCUT2D eigenvalue weighted by Gasteiger charge is 2.51. The SMILES string of the molecule is CN1C(=O)C(c2ccc(O)c(-c3cnco3)c2)(c2cccc(CF)n2)N=C1N. The Hall–Kier alpha value is -3.75. The number of guanidine groups is 1. The summed E-state index contributed by atoms with van der Waals surface area (Å²) in [5.74, 6) is -0.179. The number of carbonyl (C=O) groups excluding carboxylic acids is 1. The third-order valence-electron chi connectivity index (χ3n) is 4.67. The van der Waals surface area contributed by atoms with Gasteiger partial charge >= 0.3 is 0 Å². The molecule has 3 heterocycles. The number of phenolic OH excluding ortho intramolecular Hbond substituents is 1. The van der Waals surface area contributed by atoms with E-state index >= 15 is 0 Å². The van der Waals surface area contributed by atoms with E-state index in [9.17, 15) is 14.3 Å². The van der Waals surface area contributed by atoms with Crippen molar-refractivity contribution in [2.24, 2.45) is 10.7 Å². The number of amides is 1. The van der Waals surface area contributed by atoms with E-state index in [1.165, 1.54) is 36.7 Å². The molecule has 0 saturated carbocycles. The lowest BCUT2D eigenvalue weighted by atomic mass is 9.84. The number of oxazole rings is 1. The second-order valence-corrected chi connectivity index (χ2v) is 6.29. The number of aromatic hydroxyl groups is 1. The van der Waals surface area contributed by atoms with E-state index in [0.717, 1.165) is 0 Å². The number of nitrogens with zero attached hydrogens (tertiary/aromatic N) is 4. The summed E-state index contributed by atoms with van der Waals surface area (Å²) < 4.78 is 18.5. The summed E-state index contributed by atoms with van der Waals surface area (Å²) in [6.45, 7) is -0.786. The van der Waals surface area contributed by atoms with Crippen LogP contribution in [-0.2, 0) is 17.0 Å². The minimum atomic E-state index is -1.60. The van der Waals surface area contributed by atoms with E-state index < -0.39 is 18.1 Å². The lowest BCUT2D eigenvalue weighted by Crippen LogP contribution is -2.41. The van der Waals surface area contributed by atoms with Gasteiger partial charge in [0.15, 0.2) is 18.1 Å². The lowest BCUT2D eigenvalue weighted by molar-refractivity contribution is -0.129. The van der Waals surface area contributed by atoms with Gasteiger partial charge in [-0.25, -0.2) is 14.4 Å². The number of aromatic nitrogens is 2. The fraction of sp³-hybridized carbons (Fsp3) is 0.158. The standard InChI is InChI=1S/C19H16FN5O3/c1-25-17(27)19(24-18(25)21,16-4-2-3-12(8-20)23-16)11-5-6-14(26)13(7-11)15-9-22-10-28-15/h2-7,9-10,26H,8H2,1H3,(H2,21,24). The molecule has 2 aromatic heterocycles. The Kier molecular flexibility index (Phi) is 4.07. The Morgan fingerprint density at radius 1 is 1.32 bits per heavy atom. The predicted octanol–water partition coefficient (Wildman–Crippen LogP) is 1.94. The number of alkyl halides is 1.